The van der Waals surface area contributed by atoms with E-state index in [1.54, 1.807) is 38.4 Å². The smallest absolute Gasteiger partial charge is 0.266 e. The fraction of sp³-hybridized carbons (Fsp3) is 0.105. The van der Waals surface area contributed by atoms with E-state index in [1.165, 1.54) is 17.1 Å². The Morgan fingerprint density at radius 2 is 1.62 bits per heavy atom. The quantitative estimate of drug-likeness (QED) is 0.503. The molecule has 0 bridgehead atoms. The first-order valence-electron chi connectivity index (χ1n) is 8.64. The summed E-state index contributed by atoms with van der Waals surface area (Å²) < 4.78 is 34.9. The highest BCUT2D eigenvalue weighted by atomic mass is 32.2. The number of nitrogens with one attached hydrogen (secondary N) is 2. The molecule has 2 heterocycles. The average Bonchev–Trinajstić information content (AvgIpc) is 3.16. The summed E-state index contributed by atoms with van der Waals surface area (Å²) in [6.07, 6.45) is 2.67. The van der Waals surface area contributed by atoms with Gasteiger partial charge in [-0.05, 0) is 24.3 Å². The number of aryl methyl sites for hydroxylation is 1. The SMILES string of the molecule is COc1ccccc1Nc1nc2ccccc2nc1NS(=O)(=O)c1cnn(C)c1. The Hall–Kier alpha value is -3.66. The van der Waals surface area contributed by atoms with Gasteiger partial charge in [-0.1, -0.05) is 24.3 Å². The van der Waals surface area contributed by atoms with Crippen molar-refractivity contribution < 1.29 is 13.2 Å². The molecule has 4 aromatic rings. The number of rotatable bonds is 6. The van der Waals surface area contributed by atoms with Crippen LogP contribution in [0.5, 0.6) is 5.75 Å². The summed E-state index contributed by atoms with van der Waals surface area (Å²) in [5.74, 6) is 0.905. The number of fused-ring (bicyclic) bond motifs is 1. The lowest BCUT2D eigenvalue weighted by atomic mass is 10.3. The molecule has 0 aliphatic heterocycles. The molecule has 0 aliphatic rings. The summed E-state index contributed by atoms with van der Waals surface area (Å²) in [5, 5.41) is 7.03. The summed E-state index contributed by atoms with van der Waals surface area (Å²) in [6, 6.07) is 14.5. The molecule has 0 aliphatic carbocycles. The number of hydrogen-bond acceptors (Lipinski definition) is 7. The van der Waals surface area contributed by atoms with Crippen molar-refractivity contribution in [1.82, 2.24) is 19.7 Å². The van der Waals surface area contributed by atoms with Crippen molar-refractivity contribution in [3.8, 4) is 5.75 Å². The molecule has 10 heteroatoms. The summed E-state index contributed by atoms with van der Waals surface area (Å²) in [6.45, 7) is 0. The van der Waals surface area contributed by atoms with Crippen molar-refractivity contribution >= 4 is 38.4 Å². The lowest BCUT2D eigenvalue weighted by Crippen LogP contribution is -2.15. The van der Waals surface area contributed by atoms with E-state index in [9.17, 15) is 8.42 Å². The molecule has 2 aromatic heterocycles. The van der Waals surface area contributed by atoms with Gasteiger partial charge in [0.1, 0.15) is 10.6 Å². The van der Waals surface area contributed by atoms with Gasteiger partial charge in [0.15, 0.2) is 11.6 Å². The number of ether oxygens (including phenoxy) is 1. The molecule has 4 rings (SSSR count). The van der Waals surface area contributed by atoms with Crippen molar-refractivity contribution in [2.75, 3.05) is 17.1 Å². The van der Waals surface area contributed by atoms with E-state index in [1.807, 2.05) is 24.3 Å². The second-order valence-electron chi connectivity index (χ2n) is 6.19. The Morgan fingerprint density at radius 3 is 2.28 bits per heavy atom. The van der Waals surface area contributed by atoms with Crippen molar-refractivity contribution in [2.45, 2.75) is 4.90 Å². The highest BCUT2D eigenvalue weighted by molar-refractivity contribution is 7.92. The topological polar surface area (TPSA) is 111 Å². The van der Waals surface area contributed by atoms with Crippen LogP contribution in [0.1, 0.15) is 0 Å². The van der Waals surface area contributed by atoms with E-state index in [0.717, 1.165) is 0 Å². The normalized spacial score (nSPS) is 11.4. The van der Waals surface area contributed by atoms with E-state index >= 15 is 0 Å². The first-order chi connectivity index (χ1) is 14.0. The minimum absolute atomic E-state index is 0.0261. The molecule has 0 spiro atoms. The van der Waals surface area contributed by atoms with Crippen LogP contribution in [0.3, 0.4) is 0 Å². The Bertz CT molecular complexity index is 1290. The minimum atomic E-state index is -3.90. The van der Waals surface area contributed by atoms with E-state index in [-0.39, 0.29) is 16.5 Å². The van der Waals surface area contributed by atoms with Gasteiger partial charge in [-0.15, -0.1) is 0 Å². The number of hydrogen-bond donors (Lipinski definition) is 2. The Kier molecular flexibility index (Phi) is 4.77. The van der Waals surface area contributed by atoms with Gasteiger partial charge in [0, 0.05) is 13.2 Å². The molecule has 0 atom stereocenters. The monoisotopic (exact) mass is 410 g/mol. The summed E-state index contributed by atoms with van der Waals surface area (Å²) in [5.41, 5.74) is 1.80. The number of nitrogens with zero attached hydrogens (tertiary/aromatic N) is 4. The minimum Gasteiger partial charge on any atom is -0.495 e. The van der Waals surface area contributed by atoms with Crippen LogP contribution in [0.15, 0.2) is 65.8 Å². The third-order valence-corrected chi connectivity index (χ3v) is 5.45. The second-order valence-corrected chi connectivity index (χ2v) is 7.87. The number of benzene rings is 2. The third kappa shape index (κ3) is 3.83. The Balaban J connectivity index is 1.80. The summed E-state index contributed by atoms with van der Waals surface area (Å²) >= 11 is 0. The first-order valence-corrected chi connectivity index (χ1v) is 10.1. The molecule has 0 amide bonds. The van der Waals surface area contributed by atoms with E-state index in [0.29, 0.717) is 22.5 Å². The molecule has 2 N–H and O–H groups in total. The third-order valence-electron chi connectivity index (χ3n) is 4.15. The number of methoxy groups -OCH3 is 1. The van der Waals surface area contributed by atoms with Gasteiger partial charge in [-0.25, -0.2) is 18.4 Å². The predicted molar refractivity (Wildman–Crippen MR) is 110 cm³/mol. The zero-order valence-corrected chi connectivity index (χ0v) is 16.5. The fourth-order valence-electron chi connectivity index (χ4n) is 2.76. The van der Waals surface area contributed by atoms with Gasteiger partial charge >= 0.3 is 0 Å². The van der Waals surface area contributed by atoms with Crippen LogP contribution in [0.4, 0.5) is 17.3 Å². The standard InChI is InChI=1S/C19H18N6O3S/c1-25-12-13(11-20-25)29(26,27)24-19-18(21-14-7-3-4-8-15(14)22-19)23-16-9-5-6-10-17(16)28-2/h3-12H,1-2H3,(H,21,23)(H,22,24). The van der Waals surface area contributed by atoms with Gasteiger partial charge in [0.2, 0.25) is 0 Å². The molecule has 0 saturated heterocycles. The first kappa shape index (κ1) is 18.7. The predicted octanol–water partition coefficient (Wildman–Crippen LogP) is 2.92. The molecule has 0 saturated carbocycles. The Morgan fingerprint density at radius 1 is 0.966 bits per heavy atom. The van der Waals surface area contributed by atoms with Crippen LogP contribution in [0.25, 0.3) is 11.0 Å². The maximum Gasteiger partial charge on any atom is 0.266 e. The van der Waals surface area contributed by atoms with Crippen molar-refractivity contribution in [3.63, 3.8) is 0 Å². The van der Waals surface area contributed by atoms with Gasteiger partial charge < -0.3 is 10.1 Å². The number of anilines is 3. The van der Waals surface area contributed by atoms with Crippen LogP contribution in [0.2, 0.25) is 0 Å². The van der Waals surface area contributed by atoms with Crippen LogP contribution in [-0.4, -0.2) is 35.3 Å². The van der Waals surface area contributed by atoms with E-state index in [4.69, 9.17) is 4.74 Å². The number of para-hydroxylation sites is 4. The van der Waals surface area contributed by atoms with Gasteiger partial charge in [-0.2, -0.15) is 5.10 Å². The molecule has 0 unspecified atom stereocenters. The van der Waals surface area contributed by atoms with Crippen molar-refractivity contribution in [2.24, 2.45) is 7.05 Å². The van der Waals surface area contributed by atoms with Crippen molar-refractivity contribution in [3.05, 3.63) is 60.9 Å². The van der Waals surface area contributed by atoms with Crippen molar-refractivity contribution in [1.29, 1.82) is 0 Å². The second kappa shape index (κ2) is 7.40. The fourth-order valence-corrected chi connectivity index (χ4v) is 3.75. The number of aromatic nitrogens is 4. The zero-order valence-electron chi connectivity index (χ0n) is 15.7. The molecule has 29 heavy (non-hydrogen) atoms. The van der Waals surface area contributed by atoms with Crippen LogP contribution in [-0.2, 0) is 17.1 Å². The lowest BCUT2D eigenvalue weighted by molar-refractivity contribution is 0.417. The summed E-state index contributed by atoms with van der Waals surface area (Å²) in [4.78, 5) is 9.04. The zero-order chi connectivity index (χ0) is 20.4. The largest absolute Gasteiger partial charge is 0.495 e. The molecule has 0 fully saturated rings. The molecule has 0 radical (unpaired) electrons. The highest BCUT2D eigenvalue weighted by Crippen LogP contribution is 2.31. The van der Waals surface area contributed by atoms with Gasteiger partial charge in [0.25, 0.3) is 10.0 Å². The maximum absolute atomic E-state index is 12.8. The summed E-state index contributed by atoms with van der Waals surface area (Å²) in [7, 11) is -0.702. The van der Waals surface area contributed by atoms with E-state index < -0.39 is 10.0 Å². The van der Waals surface area contributed by atoms with Crippen LogP contribution >= 0.6 is 0 Å². The molecular formula is C19H18N6O3S. The molecule has 2 aromatic carbocycles. The maximum atomic E-state index is 12.8. The van der Waals surface area contributed by atoms with Gasteiger partial charge in [-0.3, -0.25) is 9.40 Å². The average molecular weight is 410 g/mol. The molecule has 148 valence electrons. The van der Waals surface area contributed by atoms with Gasteiger partial charge in [0.05, 0.1) is 30.0 Å². The van der Waals surface area contributed by atoms with Crippen LogP contribution < -0.4 is 14.8 Å². The van der Waals surface area contributed by atoms with E-state index in [2.05, 4.69) is 25.1 Å². The molecular weight excluding hydrogens is 392 g/mol. The highest BCUT2D eigenvalue weighted by Gasteiger charge is 2.21. The van der Waals surface area contributed by atoms with Crippen LogP contribution in [0, 0.1) is 0 Å². The Labute approximate surface area is 167 Å². The molecule has 9 nitrogen and oxygen atoms in total. The lowest BCUT2D eigenvalue weighted by Gasteiger charge is -2.15. The number of sulfonamides is 1.